The molecule has 0 atom stereocenters. The first-order valence-electron chi connectivity index (χ1n) is 5.79. The number of sulfonamides is 1. The summed E-state index contributed by atoms with van der Waals surface area (Å²) in [4.78, 5) is 16.2. The molecule has 1 aromatic carbocycles. The molecule has 1 heterocycles. The molecule has 0 fully saturated rings. The molecule has 0 saturated carbocycles. The van der Waals surface area contributed by atoms with Crippen molar-refractivity contribution in [3.8, 4) is 0 Å². The molecule has 9 heteroatoms. The molecule has 0 bridgehead atoms. The molecular weight excluding hydrogens is 334 g/mol. The first-order valence-corrected chi connectivity index (χ1v) is 8.94. The number of benzene rings is 1. The van der Waals surface area contributed by atoms with Crippen LogP contribution in [-0.4, -0.2) is 25.6 Å². The molecule has 2 N–H and O–H groups in total. The summed E-state index contributed by atoms with van der Waals surface area (Å²) in [6.07, 6.45) is 2.65. The van der Waals surface area contributed by atoms with Crippen LogP contribution in [0.25, 0.3) is 0 Å². The summed E-state index contributed by atoms with van der Waals surface area (Å²) >= 11 is 7.28. The lowest BCUT2D eigenvalue weighted by atomic mass is 10.1. The van der Waals surface area contributed by atoms with E-state index in [0.29, 0.717) is 5.02 Å². The number of anilines is 1. The van der Waals surface area contributed by atoms with Crippen molar-refractivity contribution in [2.75, 3.05) is 11.0 Å². The van der Waals surface area contributed by atoms with Gasteiger partial charge in [0, 0.05) is 16.6 Å². The predicted molar refractivity (Wildman–Crippen MR) is 83.2 cm³/mol. The van der Waals surface area contributed by atoms with Gasteiger partial charge in [-0.1, -0.05) is 11.6 Å². The topological polar surface area (TPSA) is 88.2 Å². The van der Waals surface area contributed by atoms with Crippen molar-refractivity contribution in [1.82, 2.24) is 10.3 Å². The molecule has 0 saturated heterocycles. The number of amides is 1. The zero-order chi connectivity index (χ0) is 15.5. The van der Waals surface area contributed by atoms with Gasteiger partial charge in [0.25, 0.3) is 5.91 Å². The summed E-state index contributed by atoms with van der Waals surface area (Å²) in [5.41, 5.74) is 0.336. The molecule has 0 aliphatic rings. The SMILES string of the molecule is CS(=O)(=O)Nc1ccc(Cl)cc1C(=O)NCc1nccs1. The van der Waals surface area contributed by atoms with Gasteiger partial charge in [-0.15, -0.1) is 11.3 Å². The molecule has 1 amide bonds. The van der Waals surface area contributed by atoms with E-state index in [4.69, 9.17) is 11.6 Å². The van der Waals surface area contributed by atoms with Gasteiger partial charge in [0.1, 0.15) is 5.01 Å². The van der Waals surface area contributed by atoms with Crippen LogP contribution in [0.4, 0.5) is 5.69 Å². The Labute approximate surface area is 131 Å². The lowest BCUT2D eigenvalue weighted by Crippen LogP contribution is -2.24. The second-order valence-corrected chi connectivity index (χ2v) is 7.34. The van der Waals surface area contributed by atoms with Crippen LogP contribution in [-0.2, 0) is 16.6 Å². The average Bonchev–Trinajstić information content (AvgIpc) is 2.89. The maximum absolute atomic E-state index is 12.2. The maximum Gasteiger partial charge on any atom is 0.253 e. The smallest absolute Gasteiger partial charge is 0.253 e. The van der Waals surface area contributed by atoms with Crippen LogP contribution in [0, 0.1) is 0 Å². The lowest BCUT2D eigenvalue weighted by Gasteiger charge is -2.11. The Bertz CT molecular complexity index is 745. The van der Waals surface area contributed by atoms with Crippen LogP contribution >= 0.6 is 22.9 Å². The average molecular weight is 346 g/mol. The van der Waals surface area contributed by atoms with Crippen molar-refractivity contribution in [3.05, 3.63) is 45.4 Å². The molecule has 2 rings (SSSR count). The first kappa shape index (κ1) is 15.7. The Balaban J connectivity index is 2.20. The van der Waals surface area contributed by atoms with Crippen LogP contribution in [0.15, 0.2) is 29.8 Å². The lowest BCUT2D eigenvalue weighted by molar-refractivity contribution is 0.0952. The third-order valence-corrected chi connectivity index (χ3v) is 4.01. The van der Waals surface area contributed by atoms with Gasteiger partial charge in [-0.2, -0.15) is 0 Å². The standard InChI is InChI=1S/C12H12ClN3O3S2/c1-21(18,19)16-10-3-2-8(13)6-9(10)12(17)15-7-11-14-4-5-20-11/h2-6,16H,7H2,1H3,(H,15,17). The quantitative estimate of drug-likeness (QED) is 0.868. The van der Waals surface area contributed by atoms with Crippen molar-refractivity contribution >= 4 is 44.6 Å². The number of aromatic nitrogens is 1. The van der Waals surface area contributed by atoms with Crippen LogP contribution < -0.4 is 10.0 Å². The van der Waals surface area contributed by atoms with E-state index in [1.54, 1.807) is 11.6 Å². The van der Waals surface area contributed by atoms with Crippen LogP contribution in [0.2, 0.25) is 5.02 Å². The van der Waals surface area contributed by atoms with E-state index in [1.807, 2.05) is 0 Å². The number of carbonyl (C=O) groups is 1. The van der Waals surface area contributed by atoms with E-state index >= 15 is 0 Å². The molecule has 0 aliphatic carbocycles. The molecule has 112 valence electrons. The minimum Gasteiger partial charge on any atom is -0.345 e. The molecule has 6 nitrogen and oxygen atoms in total. The summed E-state index contributed by atoms with van der Waals surface area (Å²) in [5, 5.41) is 5.57. The zero-order valence-electron chi connectivity index (χ0n) is 11.0. The fraction of sp³-hybridized carbons (Fsp3) is 0.167. The largest absolute Gasteiger partial charge is 0.345 e. The number of rotatable bonds is 5. The number of halogens is 1. The van der Waals surface area contributed by atoms with Crippen LogP contribution in [0.5, 0.6) is 0 Å². The third kappa shape index (κ3) is 4.69. The van der Waals surface area contributed by atoms with Gasteiger partial charge in [-0.3, -0.25) is 9.52 Å². The number of hydrogen-bond acceptors (Lipinski definition) is 5. The molecule has 0 radical (unpaired) electrons. The third-order valence-electron chi connectivity index (χ3n) is 2.41. The normalized spacial score (nSPS) is 11.1. The molecule has 0 spiro atoms. The predicted octanol–water partition coefficient (Wildman–Crippen LogP) is 2.10. The Kier molecular flexibility index (Phi) is 4.81. The van der Waals surface area contributed by atoms with Crippen molar-refractivity contribution in [1.29, 1.82) is 0 Å². The van der Waals surface area contributed by atoms with E-state index < -0.39 is 15.9 Å². The van der Waals surface area contributed by atoms with E-state index in [9.17, 15) is 13.2 Å². The highest BCUT2D eigenvalue weighted by molar-refractivity contribution is 7.92. The van der Waals surface area contributed by atoms with Crippen molar-refractivity contribution < 1.29 is 13.2 Å². The fourth-order valence-corrected chi connectivity index (χ4v) is 2.89. The number of nitrogens with zero attached hydrogens (tertiary/aromatic N) is 1. The molecule has 1 aromatic heterocycles. The van der Waals surface area contributed by atoms with Gasteiger partial charge >= 0.3 is 0 Å². The molecule has 21 heavy (non-hydrogen) atoms. The molecule has 0 aliphatic heterocycles. The van der Waals surface area contributed by atoms with Crippen LogP contribution in [0.3, 0.4) is 0 Å². The highest BCUT2D eigenvalue weighted by atomic mass is 35.5. The van der Waals surface area contributed by atoms with Crippen molar-refractivity contribution in [2.24, 2.45) is 0 Å². The molecular formula is C12H12ClN3O3S2. The molecule has 0 unspecified atom stereocenters. The summed E-state index contributed by atoms with van der Waals surface area (Å²) in [6.45, 7) is 0.265. The van der Waals surface area contributed by atoms with Gasteiger partial charge in [0.05, 0.1) is 24.1 Å². The molecule has 2 aromatic rings. The van der Waals surface area contributed by atoms with Gasteiger partial charge in [0.2, 0.25) is 10.0 Å². The van der Waals surface area contributed by atoms with Gasteiger partial charge in [-0.05, 0) is 18.2 Å². The Hall–Kier alpha value is -1.64. The number of hydrogen-bond donors (Lipinski definition) is 2. The van der Waals surface area contributed by atoms with Crippen molar-refractivity contribution in [2.45, 2.75) is 6.54 Å². The minimum absolute atomic E-state index is 0.157. The second kappa shape index (κ2) is 6.42. The maximum atomic E-state index is 12.2. The highest BCUT2D eigenvalue weighted by Gasteiger charge is 2.15. The van der Waals surface area contributed by atoms with E-state index in [2.05, 4.69) is 15.0 Å². The summed E-state index contributed by atoms with van der Waals surface area (Å²) in [7, 11) is -3.49. The van der Waals surface area contributed by atoms with Crippen molar-refractivity contribution in [3.63, 3.8) is 0 Å². The van der Waals surface area contributed by atoms with E-state index in [0.717, 1.165) is 11.3 Å². The number of nitrogens with one attached hydrogen (secondary N) is 2. The summed E-state index contributed by atoms with van der Waals surface area (Å²) < 4.78 is 24.9. The highest BCUT2D eigenvalue weighted by Crippen LogP contribution is 2.21. The van der Waals surface area contributed by atoms with Gasteiger partial charge in [0.15, 0.2) is 0 Å². The Morgan fingerprint density at radius 2 is 2.19 bits per heavy atom. The first-order chi connectivity index (χ1) is 9.85. The van der Waals surface area contributed by atoms with E-state index in [-0.39, 0.29) is 17.8 Å². The Morgan fingerprint density at radius 1 is 1.43 bits per heavy atom. The zero-order valence-corrected chi connectivity index (χ0v) is 13.3. The minimum atomic E-state index is -3.49. The Morgan fingerprint density at radius 3 is 2.81 bits per heavy atom. The van der Waals surface area contributed by atoms with Gasteiger partial charge in [-0.25, -0.2) is 13.4 Å². The number of carbonyl (C=O) groups excluding carboxylic acids is 1. The number of thiazole rings is 1. The second-order valence-electron chi connectivity index (χ2n) is 4.17. The van der Waals surface area contributed by atoms with E-state index in [1.165, 1.54) is 29.5 Å². The van der Waals surface area contributed by atoms with Gasteiger partial charge < -0.3 is 5.32 Å². The summed E-state index contributed by atoms with van der Waals surface area (Å²) in [6, 6.07) is 4.36. The summed E-state index contributed by atoms with van der Waals surface area (Å²) in [5.74, 6) is -0.432. The fourth-order valence-electron chi connectivity index (χ4n) is 1.58. The monoisotopic (exact) mass is 345 g/mol. The van der Waals surface area contributed by atoms with Crippen LogP contribution in [0.1, 0.15) is 15.4 Å².